The summed E-state index contributed by atoms with van der Waals surface area (Å²) in [7, 11) is 0. The molecule has 0 bridgehead atoms. The monoisotopic (exact) mass is 753 g/mol. The number of carbonyl (C=O) groups is 2. The van der Waals surface area contributed by atoms with Gasteiger partial charge in [-0.15, -0.1) is 0 Å². The lowest BCUT2D eigenvalue weighted by Gasteiger charge is -2.63. The van der Waals surface area contributed by atoms with Crippen LogP contribution in [0.15, 0.2) is 5.11 Å². The predicted octanol–water partition coefficient (Wildman–Crippen LogP) is 2.99. The van der Waals surface area contributed by atoms with Gasteiger partial charge in [-0.25, -0.2) is 0 Å². The highest BCUT2D eigenvalue weighted by Gasteiger charge is 2.65. The minimum Gasteiger partial charge on any atom is -0.393 e. The molecule has 4 rings (SSSR count). The normalized spacial score (nSPS) is 33.9. The number of aliphatic hydroxyl groups is 3. The van der Waals surface area contributed by atoms with Crippen LogP contribution in [0.1, 0.15) is 78.6 Å². The number of carbonyl (C=O) groups excluding carboxylic acids is 2. The summed E-state index contributed by atoms with van der Waals surface area (Å²) in [6.45, 7) is 11.5. The van der Waals surface area contributed by atoms with Gasteiger partial charge in [-0.1, -0.05) is 25.9 Å². The van der Waals surface area contributed by atoms with Crippen molar-refractivity contribution in [3.63, 3.8) is 0 Å². The van der Waals surface area contributed by atoms with Crippen molar-refractivity contribution in [2.24, 2.45) is 51.5 Å². The van der Waals surface area contributed by atoms with Crippen LogP contribution in [0.2, 0.25) is 0 Å². The first-order chi connectivity index (χ1) is 25.5. The van der Waals surface area contributed by atoms with Crippen molar-refractivity contribution in [3.8, 4) is 0 Å². The minimum atomic E-state index is -0.453. The minimum absolute atomic E-state index is 0.0469. The van der Waals surface area contributed by atoms with E-state index in [9.17, 15) is 24.9 Å². The number of aliphatic hydroxyl groups excluding tert-OH is 3. The third-order valence-corrected chi connectivity index (χ3v) is 13.2. The summed E-state index contributed by atoms with van der Waals surface area (Å²) in [5.41, 5.74) is 7.92. The number of rotatable bonds is 24. The number of ether oxygens (including phenoxy) is 5. The molecule has 11 atom stereocenters. The van der Waals surface area contributed by atoms with E-state index in [4.69, 9.17) is 29.2 Å². The molecule has 0 aromatic rings. The molecule has 2 amide bonds. The standard InChI is InChI=1S/C38H67N5O10/c1-26(29-5-6-30-36-31(24-33(46)38(29,30)3)37(2)9-8-28(44)22-27(37)23-32(36)45)4-7-34(47)41-25-35(48)40-10-12-49-14-16-51-18-20-53-21-19-52-17-15-50-13-11-42-43-39/h26-33,36,44-46H,4-25H2,1-3H3,(H,40,48)(H,41,47)/t26-,27+,28-,29-,30+,31+,32-,33+,36+,37+,38-/m1/s1. The van der Waals surface area contributed by atoms with E-state index < -0.39 is 12.2 Å². The molecule has 0 saturated heterocycles. The van der Waals surface area contributed by atoms with Gasteiger partial charge in [0.05, 0.1) is 90.9 Å². The van der Waals surface area contributed by atoms with Crippen molar-refractivity contribution in [1.82, 2.24) is 10.6 Å². The Morgan fingerprint density at radius 3 is 2.08 bits per heavy atom. The zero-order chi connectivity index (χ0) is 38.3. The number of hydrogen-bond donors (Lipinski definition) is 5. The Morgan fingerprint density at radius 1 is 0.811 bits per heavy atom. The summed E-state index contributed by atoms with van der Waals surface area (Å²) in [5.74, 6) is 1.02. The fraction of sp³-hybridized carbons (Fsp3) is 0.947. The van der Waals surface area contributed by atoms with Crippen LogP contribution in [-0.2, 0) is 33.3 Å². The Hall–Kier alpha value is -2.07. The Labute approximate surface area is 315 Å². The highest BCUT2D eigenvalue weighted by Crippen LogP contribution is 2.68. The van der Waals surface area contributed by atoms with Crippen molar-refractivity contribution >= 4 is 11.8 Å². The van der Waals surface area contributed by atoms with E-state index in [1.807, 2.05) is 0 Å². The van der Waals surface area contributed by atoms with Gasteiger partial charge in [0.25, 0.3) is 0 Å². The first-order valence-corrected chi connectivity index (χ1v) is 20.0. The van der Waals surface area contributed by atoms with Crippen LogP contribution >= 0.6 is 0 Å². The van der Waals surface area contributed by atoms with Crippen LogP contribution in [0.4, 0.5) is 0 Å². The lowest BCUT2D eigenvalue weighted by molar-refractivity contribution is -0.207. The van der Waals surface area contributed by atoms with Crippen molar-refractivity contribution < 1.29 is 48.6 Å². The number of fused-ring (bicyclic) bond motifs is 5. The maximum atomic E-state index is 12.7. The SMILES string of the molecule is C[C@H](CCC(=O)NCC(=O)NCCOCCOCCOCCOCCOCCN=[N+]=[N-])[C@H]1CC[C@H]2[C@@H]3[C@H](O)C[C@@H]4C[C@H](O)CC[C@]4(C)[C@H]3C[C@H](O)[C@]12C. The van der Waals surface area contributed by atoms with Gasteiger partial charge in [0.15, 0.2) is 0 Å². The number of nitrogens with zero attached hydrogens (tertiary/aromatic N) is 3. The fourth-order valence-corrected chi connectivity index (χ4v) is 10.4. The summed E-state index contributed by atoms with van der Waals surface area (Å²) < 4.78 is 27.0. The molecular weight excluding hydrogens is 686 g/mol. The van der Waals surface area contributed by atoms with Crippen LogP contribution in [0.5, 0.6) is 0 Å². The lowest BCUT2D eigenvalue weighted by Crippen LogP contribution is -2.62. The number of azide groups is 1. The second-order valence-corrected chi connectivity index (χ2v) is 16.2. The van der Waals surface area contributed by atoms with E-state index in [-0.39, 0.29) is 64.9 Å². The molecule has 0 heterocycles. The smallest absolute Gasteiger partial charge is 0.239 e. The van der Waals surface area contributed by atoms with Crippen molar-refractivity contribution in [3.05, 3.63) is 10.4 Å². The Kier molecular flexibility index (Phi) is 18.0. The molecule has 0 unspecified atom stereocenters. The number of hydrogen-bond acceptors (Lipinski definition) is 11. The van der Waals surface area contributed by atoms with Crippen LogP contribution in [0.25, 0.3) is 10.4 Å². The van der Waals surface area contributed by atoms with Crippen LogP contribution in [0.3, 0.4) is 0 Å². The Morgan fingerprint density at radius 2 is 1.43 bits per heavy atom. The molecule has 0 radical (unpaired) electrons. The van der Waals surface area contributed by atoms with E-state index in [1.165, 1.54) is 0 Å². The molecule has 15 nitrogen and oxygen atoms in total. The molecule has 15 heteroatoms. The molecule has 4 aliphatic rings. The molecule has 0 spiro atoms. The second-order valence-electron chi connectivity index (χ2n) is 16.2. The van der Waals surface area contributed by atoms with E-state index in [1.54, 1.807) is 0 Å². The summed E-state index contributed by atoms with van der Waals surface area (Å²) in [6.07, 6.45) is 5.78. The van der Waals surface area contributed by atoms with E-state index in [0.717, 1.165) is 38.5 Å². The molecule has 4 aliphatic carbocycles. The predicted molar refractivity (Wildman–Crippen MR) is 197 cm³/mol. The molecule has 0 aliphatic heterocycles. The highest BCUT2D eigenvalue weighted by atomic mass is 16.6. The zero-order valence-electron chi connectivity index (χ0n) is 32.3. The zero-order valence-corrected chi connectivity index (χ0v) is 32.3. The van der Waals surface area contributed by atoms with E-state index in [2.05, 4.69) is 41.4 Å². The number of nitrogens with one attached hydrogen (secondary N) is 2. The summed E-state index contributed by atoms with van der Waals surface area (Å²) in [4.78, 5) is 27.6. The average Bonchev–Trinajstić information content (AvgIpc) is 3.50. The summed E-state index contributed by atoms with van der Waals surface area (Å²) in [5, 5.41) is 42.5. The molecule has 0 aromatic carbocycles. The average molecular weight is 754 g/mol. The van der Waals surface area contributed by atoms with E-state index in [0.29, 0.717) is 104 Å². The van der Waals surface area contributed by atoms with E-state index >= 15 is 0 Å². The van der Waals surface area contributed by atoms with Crippen LogP contribution in [0, 0.1) is 46.3 Å². The van der Waals surface area contributed by atoms with Gasteiger partial charge in [-0.2, -0.15) is 0 Å². The van der Waals surface area contributed by atoms with Crippen molar-refractivity contribution in [2.75, 3.05) is 85.7 Å². The van der Waals surface area contributed by atoms with Gasteiger partial charge in [0, 0.05) is 24.4 Å². The molecule has 4 fully saturated rings. The molecular formula is C38H67N5O10. The highest BCUT2D eigenvalue weighted by molar-refractivity contribution is 5.84. The van der Waals surface area contributed by atoms with Crippen molar-refractivity contribution in [2.45, 2.75) is 96.9 Å². The Bertz CT molecular complexity index is 1180. The fourth-order valence-electron chi connectivity index (χ4n) is 10.4. The van der Waals surface area contributed by atoms with Gasteiger partial charge < -0.3 is 49.6 Å². The van der Waals surface area contributed by atoms with Gasteiger partial charge in [0.2, 0.25) is 11.8 Å². The summed E-state index contributed by atoms with van der Waals surface area (Å²) >= 11 is 0. The molecule has 53 heavy (non-hydrogen) atoms. The van der Waals surface area contributed by atoms with Gasteiger partial charge >= 0.3 is 0 Å². The Balaban J connectivity index is 1.01. The second kappa shape index (κ2) is 21.9. The maximum Gasteiger partial charge on any atom is 0.239 e. The lowest BCUT2D eigenvalue weighted by atomic mass is 9.43. The molecule has 304 valence electrons. The largest absolute Gasteiger partial charge is 0.393 e. The van der Waals surface area contributed by atoms with Gasteiger partial charge in [0.1, 0.15) is 0 Å². The van der Waals surface area contributed by atoms with Gasteiger partial charge in [-0.05, 0) is 103 Å². The molecule has 0 aromatic heterocycles. The first-order valence-electron chi connectivity index (χ1n) is 20.0. The third kappa shape index (κ3) is 12.0. The summed E-state index contributed by atoms with van der Waals surface area (Å²) in [6, 6.07) is 0. The maximum absolute atomic E-state index is 12.7. The quantitative estimate of drug-likeness (QED) is 0.0421. The van der Waals surface area contributed by atoms with Crippen LogP contribution < -0.4 is 10.6 Å². The first kappa shape index (κ1) is 43.7. The third-order valence-electron chi connectivity index (χ3n) is 13.2. The van der Waals surface area contributed by atoms with Gasteiger partial charge in [-0.3, -0.25) is 9.59 Å². The topological polar surface area (TPSA) is 214 Å². The van der Waals surface area contributed by atoms with Crippen LogP contribution in [-0.4, -0.2) is 131 Å². The van der Waals surface area contributed by atoms with Crippen molar-refractivity contribution in [1.29, 1.82) is 0 Å². The molecule has 4 saturated carbocycles. The molecule has 5 N–H and O–H groups in total. The number of amides is 2.